The van der Waals surface area contributed by atoms with Gasteiger partial charge < -0.3 is 10.4 Å². The minimum absolute atomic E-state index is 0.0279. The fraction of sp³-hybridized carbons (Fsp3) is 0.444. The lowest BCUT2D eigenvalue weighted by molar-refractivity contribution is 0.0884. The molecule has 2 N–H and O–H groups in total. The van der Waals surface area contributed by atoms with E-state index in [9.17, 15) is 9.90 Å². The van der Waals surface area contributed by atoms with Crippen molar-refractivity contribution in [3.05, 3.63) is 46.7 Å². The van der Waals surface area contributed by atoms with Crippen LogP contribution in [-0.4, -0.2) is 33.4 Å². The predicted molar refractivity (Wildman–Crippen MR) is 95.7 cm³/mol. The van der Waals surface area contributed by atoms with Crippen LogP contribution >= 0.6 is 11.6 Å². The summed E-state index contributed by atoms with van der Waals surface area (Å²) in [5.41, 5.74) is 1.81. The quantitative estimate of drug-likeness (QED) is 0.869. The van der Waals surface area contributed by atoms with Gasteiger partial charge >= 0.3 is 0 Å². The summed E-state index contributed by atoms with van der Waals surface area (Å²) in [6, 6.07) is 7.24. The minimum atomic E-state index is -0.195. The molecule has 2 aromatic rings. The molecule has 0 aliphatic rings. The van der Waals surface area contributed by atoms with Gasteiger partial charge in [0.15, 0.2) is 0 Å². The van der Waals surface area contributed by atoms with E-state index in [0.29, 0.717) is 17.0 Å². The van der Waals surface area contributed by atoms with E-state index in [1.54, 1.807) is 16.9 Å². The Bertz CT molecular complexity index is 719. The summed E-state index contributed by atoms with van der Waals surface area (Å²) in [7, 11) is 0. The van der Waals surface area contributed by atoms with Crippen LogP contribution in [-0.2, 0) is 0 Å². The molecule has 130 valence electrons. The Hall–Kier alpha value is -1.85. The number of aromatic nitrogens is 2. The molecular formula is C18H24ClN3O2. The summed E-state index contributed by atoms with van der Waals surface area (Å²) in [6.45, 7) is 7.97. The van der Waals surface area contributed by atoms with Gasteiger partial charge in [0.2, 0.25) is 0 Å². The van der Waals surface area contributed by atoms with Gasteiger partial charge in [-0.2, -0.15) is 5.10 Å². The van der Waals surface area contributed by atoms with Crippen molar-refractivity contribution in [1.29, 1.82) is 0 Å². The largest absolute Gasteiger partial charge is 0.396 e. The van der Waals surface area contributed by atoms with E-state index in [2.05, 4.69) is 10.4 Å². The molecular weight excluding hydrogens is 326 g/mol. The van der Waals surface area contributed by atoms with Gasteiger partial charge in [-0.05, 0) is 30.9 Å². The number of benzene rings is 1. The lowest BCUT2D eigenvalue weighted by Gasteiger charge is -2.31. The van der Waals surface area contributed by atoms with Crippen LogP contribution in [0.1, 0.15) is 43.2 Å². The van der Waals surface area contributed by atoms with Crippen LogP contribution in [0.3, 0.4) is 0 Å². The van der Waals surface area contributed by atoms with Crippen LogP contribution in [0, 0.1) is 12.3 Å². The molecule has 5 nitrogen and oxygen atoms in total. The molecule has 0 saturated heterocycles. The van der Waals surface area contributed by atoms with Gasteiger partial charge in [-0.1, -0.05) is 44.5 Å². The van der Waals surface area contributed by atoms with Crippen molar-refractivity contribution in [3.63, 3.8) is 0 Å². The standard InChI is InChI=1S/C18H24ClN3O2/c1-12-13(17(24)21-16(9-10-23)18(2,3)4)11-20-22(12)15-8-6-5-7-14(15)19/h5-8,11,16,23H,9-10H2,1-4H3,(H,21,24). The van der Waals surface area contributed by atoms with Crippen LogP contribution in [0.5, 0.6) is 0 Å². The van der Waals surface area contributed by atoms with Crippen LogP contribution in [0.15, 0.2) is 30.5 Å². The van der Waals surface area contributed by atoms with Crippen molar-refractivity contribution in [3.8, 4) is 5.69 Å². The molecule has 1 unspecified atom stereocenters. The molecule has 1 aromatic carbocycles. The molecule has 0 spiro atoms. The van der Waals surface area contributed by atoms with E-state index in [1.807, 2.05) is 45.9 Å². The number of carbonyl (C=O) groups excluding carboxylic acids is 1. The first kappa shape index (κ1) is 18.5. The fourth-order valence-electron chi connectivity index (χ4n) is 2.59. The van der Waals surface area contributed by atoms with Crippen molar-refractivity contribution in [1.82, 2.24) is 15.1 Å². The zero-order valence-electron chi connectivity index (χ0n) is 14.5. The van der Waals surface area contributed by atoms with Gasteiger partial charge in [0.1, 0.15) is 0 Å². The summed E-state index contributed by atoms with van der Waals surface area (Å²) in [4.78, 5) is 12.6. The van der Waals surface area contributed by atoms with Gasteiger partial charge in [-0.25, -0.2) is 4.68 Å². The van der Waals surface area contributed by atoms with E-state index >= 15 is 0 Å². The number of nitrogens with zero attached hydrogens (tertiary/aromatic N) is 2. The highest BCUT2D eigenvalue weighted by atomic mass is 35.5. The second-order valence-electron chi connectivity index (χ2n) is 6.91. The predicted octanol–water partition coefficient (Wildman–Crippen LogP) is 3.36. The summed E-state index contributed by atoms with van der Waals surface area (Å²) in [5, 5.41) is 17.1. The Balaban J connectivity index is 2.27. The molecule has 0 aliphatic heterocycles. The number of nitrogens with one attached hydrogen (secondary N) is 1. The molecule has 0 saturated carbocycles. The number of para-hydroxylation sites is 1. The normalized spacial score (nSPS) is 12.9. The highest BCUT2D eigenvalue weighted by molar-refractivity contribution is 6.32. The van der Waals surface area contributed by atoms with Crippen molar-refractivity contribution < 1.29 is 9.90 Å². The Morgan fingerprint density at radius 2 is 2.04 bits per heavy atom. The van der Waals surface area contributed by atoms with Crippen molar-refractivity contribution in [2.75, 3.05) is 6.61 Å². The van der Waals surface area contributed by atoms with Crippen molar-refractivity contribution in [2.24, 2.45) is 5.41 Å². The SMILES string of the molecule is Cc1c(C(=O)NC(CCO)C(C)(C)C)cnn1-c1ccccc1Cl. The zero-order chi connectivity index (χ0) is 17.9. The third-order valence-corrected chi connectivity index (χ3v) is 4.42. The molecule has 6 heteroatoms. The third kappa shape index (κ3) is 3.97. The smallest absolute Gasteiger partial charge is 0.254 e. The molecule has 24 heavy (non-hydrogen) atoms. The molecule has 1 aromatic heterocycles. The second kappa shape index (κ2) is 7.36. The Labute approximate surface area is 147 Å². The van der Waals surface area contributed by atoms with E-state index in [0.717, 1.165) is 11.4 Å². The monoisotopic (exact) mass is 349 g/mol. The zero-order valence-corrected chi connectivity index (χ0v) is 15.3. The lowest BCUT2D eigenvalue weighted by atomic mass is 9.85. The van der Waals surface area contributed by atoms with Gasteiger partial charge in [-0.3, -0.25) is 4.79 Å². The number of rotatable bonds is 5. The molecule has 0 bridgehead atoms. The molecule has 2 rings (SSSR count). The molecule has 1 heterocycles. The maximum Gasteiger partial charge on any atom is 0.254 e. The van der Waals surface area contributed by atoms with Crippen molar-refractivity contribution >= 4 is 17.5 Å². The molecule has 1 atom stereocenters. The number of hydrogen-bond acceptors (Lipinski definition) is 3. The van der Waals surface area contributed by atoms with Gasteiger partial charge in [0.05, 0.1) is 28.2 Å². The number of amides is 1. The number of hydrogen-bond donors (Lipinski definition) is 2. The van der Waals surface area contributed by atoms with E-state index in [1.165, 1.54) is 0 Å². The Morgan fingerprint density at radius 3 is 2.62 bits per heavy atom. The van der Waals surface area contributed by atoms with E-state index in [-0.39, 0.29) is 24.0 Å². The topological polar surface area (TPSA) is 67.2 Å². The summed E-state index contributed by atoms with van der Waals surface area (Å²) in [6.07, 6.45) is 2.06. The van der Waals surface area contributed by atoms with Crippen LogP contribution in [0.4, 0.5) is 0 Å². The van der Waals surface area contributed by atoms with Crippen LogP contribution in [0.25, 0.3) is 5.69 Å². The molecule has 0 radical (unpaired) electrons. The number of aliphatic hydroxyl groups excluding tert-OH is 1. The number of halogens is 1. The summed E-state index contributed by atoms with van der Waals surface area (Å²) < 4.78 is 1.66. The lowest BCUT2D eigenvalue weighted by Crippen LogP contribution is -2.44. The van der Waals surface area contributed by atoms with E-state index in [4.69, 9.17) is 11.6 Å². The minimum Gasteiger partial charge on any atom is -0.396 e. The first-order valence-electron chi connectivity index (χ1n) is 7.97. The highest BCUT2D eigenvalue weighted by Gasteiger charge is 2.27. The first-order chi connectivity index (χ1) is 11.3. The average molecular weight is 350 g/mol. The Kier molecular flexibility index (Phi) is 5.67. The maximum absolute atomic E-state index is 12.6. The molecule has 0 fully saturated rings. The fourth-order valence-corrected chi connectivity index (χ4v) is 2.80. The van der Waals surface area contributed by atoms with Crippen LogP contribution in [0.2, 0.25) is 5.02 Å². The summed E-state index contributed by atoms with van der Waals surface area (Å²) in [5.74, 6) is -0.195. The van der Waals surface area contributed by atoms with Gasteiger partial charge in [0, 0.05) is 12.6 Å². The van der Waals surface area contributed by atoms with Gasteiger partial charge in [0.25, 0.3) is 5.91 Å². The van der Waals surface area contributed by atoms with Gasteiger partial charge in [-0.15, -0.1) is 0 Å². The first-order valence-corrected chi connectivity index (χ1v) is 8.34. The second-order valence-corrected chi connectivity index (χ2v) is 7.32. The number of carbonyl (C=O) groups is 1. The molecule has 0 aliphatic carbocycles. The van der Waals surface area contributed by atoms with Crippen LogP contribution < -0.4 is 5.32 Å². The highest BCUT2D eigenvalue weighted by Crippen LogP contribution is 2.24. The Morgan fingerprint density at radius 1 is 1.38 bits per heavy atom. The maximum atomic E-state index is 12.6. The van der Waals surface area contributed by atoms with E-state index < -0.39 is 0 Å². The third-order valence-electron chi connectivity index (χ3n) is 4.10. The van der Waals surface area contributed by atoms with Crippen molar-refractivity contribution in [2.45, 2.75) is 40.2 Å². The summed E-state index contributed by atoms with van der Waals surface area (Å²) >= 11 is 6.22. The number of aliphatic hydroxyl groups is 1. The molecule has 1 amide bonds. The average Bonchev–Trinajstić information content (AvgIpc) is 2.88.